The summed E-state index contributed by atoms with van der Waals surface area (Å²) in [5.41, 5.74) is 3.43. The summed E-state index contributed by atoms with van der Waals surface area (Å²) in [7, 11) is 0. The van der Waals surface area contributed by atoms with Gasteiger partial charge in [-0.05, 0) is 80.0 Å². The molecule has 0 unspecified atom stereocenters. The summed E-state index contributed by atoms with van der Waals surface area (Å²) >= 11 is 0. The first-order valence-corrected chi connectivity index (χ1v) is 11.6. The van der Waals surface area contributed by atoms with Crippen LogP contribution in [0.5, 0.6) is 17.2 Å². The van der Waals surface area contributed by atoms with Gasteiger partial charge in [0.05, 0.1) is 16.8 Å². The maximum absolute atomic E-state index is 13.2. The molecule has 0 saturated carbocycles. The summed E-state index contributed by atoms with van der Waals surface area (Å²) in [5.74, 6) is 1.16. The van der Waals surface area contributed by atoms with E-state index in [1.165, 1.54) is 23.3 Å². The van der Waals surface area contributed by atoms with E-state index in [1.807, 2.05) is 36.4 Å². The van der Waals surface area contributed by atoms with Crippen LogP contribution in [0.15, 0.2) is 72.3 Å². The van der Waals surface area contributed by atoms with Crippen LogP contribution in [-0.2, 0) is 0 Å². The van der Waals surface area contributed by atoms with Crippen molar-refractivity contribution >= 4 is 23.6 Å². The second-order valence-corrected chi connectivity index (χ2v) is 8.86. The lowest BCUT2D eigenvalue weighted by Gasteiger charge is -2.23. The summed E-state index contributed by atoms with van der Waals surface area (Å²) in [6.07, 6.45) is 4.68. The molecule has 3 aromatic rings. The number of para-hydroxylation sites is 1. The standard InChI is InChI=1S/C28H24N2O4/c31-27-24-11-10-23(34-22-6-2-1-3-7-22)16-25(24)28(32)30(27)21-9-8-20-14-19(18-33-26(20)15-21)17-29-12-4-5-13-29/h1-3,6-11,14-16H,4-5,12-13,17-18H2. The molecule has 6 nitrogen and oxygen atoms in total. The van der Waals surface area contributed by atoms with E-state index in [4.69, 9.17) is 9.47 Å². The molecule has 3 aliphatic heterocycles. The molecule has 6 rings (SSSR count). The fourth-order valence-electron chi connectivity index (χ4n) is 4.80. The maximum Gasteiger partial charge on any atom is 0.266 e. The van der Waals surface area contributed by atoms with Crippen LogP contribution in [-0.4, -0.2) is 43.0 Å². The molecule has 0 bridgehead atoms. The Hall–Kier alpha value is -3.90. The number of benzene rings is 3. The monoisotopic (exact) mass is 452 g/mol. The molecule has 0 N–H and O–H groups in total. The number of carbonyl (C=O) groups excluding carboxylic acids is 2. The van der Waals surface area contributed by atoms with E-state index in [-0.39, 0.29) is 11.8 Å². The molecule has 2 amide bonds. The number of carbonyl (C=O) groups is 2. The van der Waals surface area contributed by atoms with Gasteiger partial charge in [-0.25, -0.2) is 4.90 Å². The molecule has 0 radical (unpaired) electrons. The predicted octanol–water partition coefficient (Wildman–Crippen LogP) is 5.15. The van der Waals surface area contributed by atoms with Crippen LogP contribution in [0.4, 0.5) is 5.69 Å². The zero-order valence-corrected chi connectivity index (χ0v) is 18.7. The van der Waals surface area contributed by atoms with Crippen LogP contribution in [0, 0.1) is 0 Å². The summed E-state index contributed by atoms with van der Waals surface area (Å²) in [4.78, 5) is 30.0. The van der Waals surface area contributed by atoms with Gasteiger partial charge in [0.25, 0.3) is 11.8 Å². The quantitative estimate of drug-likeness (QED) is 0.501. The van der Waals surface area contributed by atoms with Gasteiger partial charge >= 0.3 is 0 Å². The van der Waals surface area contributed by atoms with Gasteiger partial charge in [0.15, 0.2) is 0 Å². The van der Waals surface area contributed by atoms with Crippen molar-refractivity contribution < 1.29 is 19.1 Å². The van der Waals surface area contributed by atoms with Gasteiger partial charge in [-0.1, -0.05) is 18.2 Å². The number of rotatable bonds is 5. The lowest BCUT2D eigenvalue weighted by Crippen LogP contribution is -2.29. The van der Waals surface area contributed by atoms with Crippen LogP contribution in [0.25, 0.3) is 6.08 Å². The van der Waals surface area contributed by atoms with Gasteiger partial charge in [0.1, 0.15) is 23.9 Å². The number of likely N-dealkylation sites (tertiary alicyclic amines) is 1. The Morgan fingerprint density at radius 2 is 1.62 bits per heavy atom. The third kappa shape index (κ3) is 3.76. The van der Waals surface area contributed by atoms with E-state index in [0.717, 1.165) is 25.2 Å². The molecular formula is C28H24N2O4. The van der Waals surface area contributed by atoms with Crippen molar-refractivity contribution in [2.75, 3.05) is 31.1 Å². The highest BCUT2D eigenvalue weighted by Gasteiger charge is 2.37. The number of imide groups is 1. The van der Waals surface area contributed by atoms with Gasteiger partial charge in [0, 0.05) is 18.2 Å². The summed E-state index contributed by atoms with van der Waals surface area (Å²) in [5, 5.41) is 0. The third-order valence-electron chi connectivity index (χ3n) is 6.49. The maximum atomic E-state index is 13.2. The second kappa shape index (κ2) is 8.47. The molecule has 170 valence electrons. The van der Waals surface area contributed by atoms with Gasteiger partial charge in [0.2, 0.25) is 0 Å². The summed E-state index contributed by atoms with van der Waals surface area (Å²) in [6, 6.07) is 19.8. The number of ether oxygens (including phenoxy) is 2. The molecule has 34 heavy (non-hydrogen) atoms. The van der Waals surface area contributed by atoms with Crippen molar-refractivity contribution in [2.45, 2.75) is 12.8 Å². The van der Waals surface area contributed by atoms with Crippen LogP contribution in [0.3, 0.4) is 0 Å². The van der Waals surface area contributed by atoms with Gasteiger partial charge in [-0.2, -0.15) is 0 Å². The normalized spacial score (nSPS) is 17.3. The van der Waals surface area contributed by atoms with Crippen molar-refractivity contribution in [2.24, 2.45) is 0 Å². The minimum absolute atomic E-state index is 0.338. The highest BCUT2D eigenvalue weighted by Crippen LogP contribution is 2.36. The van der Waals surface area contributed by atoms with Crippen molar-refractivity contribution in [3.05, 3.63) is 89.0 Å². The van der Waals surface area contributed by atoms with E-state index in [1.54, 1.807) is 30.3 Å². The zero-order chi connectivity index (χ0) is 23.1. The van der Waals surface area contributed by atoms with Crippen LogP contribution < -0.4 is 14.4 Å². The number of fused-ring (bicyclic) bond motifs is 2. The molecule has 0 spiro atoms. The fourth-order valence-corrected chi connectivity index (χ4v) is 4.80. The van der Waals surface area contributed by atoms with Gasteiger partial charge in [-0.15, -0.1) is 0 Å². The van der Waals surface area contributed by atoms with E-state index in [0.29, 0.717) is 40.7 Å². The minimum atomic E-state index is -0.362. The van der Waals surface area contributed by atoms with Crippen molar-refractivity contribution in [1.82, 2.24) is 4.90 Å². The number of hydrogen-bond acceptors (Lipinski definition) is 5. The predicted molar refractivity (Wildman–Crippen MR) is 130 cm³/mol. The Balaban J connectivity index is 1.24. The highest BCUT2D eigenvalue weighted by atomic mass is 16.5. The van der Waals surface area contributed by atoms with Gasteiger partial charge < -0.3 is 9.47 Å². The fraction of sp³-hybridized carbons (Fsp3) is 0.214. The zero-order valence-electron chi connectivity index (χ0n) is 18.7. The Morgan fingerprint density at radius 3 is 2.44 bits per heavy atom. The first-order chi connectivity index (χ1) is 16.7. The Labute approximate surface area is 198 Å². The van der Waals surface area contributed by atoms with Crippen molar-refractivity contribution in [3.63, 3.8) is 0 Å². The molecule has 1 fully saturated rings. The van der Waals surface area contributed by atoms with Gasteiger partial charge in [-0.3, -0.25) is 14.5 Å². The molecule has 3 aliphatic rings. The third-order valence-corrected chi connectivity index (χ3v) is 6.49. The van der Waals surface area contributed by atoms with Crippen LogP contribution >= 0.6 is 0 Å². The minimum Gasteiger partial charge on any atom is -0.488 e. The first kappa shape index (κ1) is 20.7. The number of hydrogen-bond donors (Lipinski definition) is 0. The van der Waals surface area contributed by atoms with E-state index < -0.39 is 0 Å². The molecule has 3 heterocycles. The molecule has 0 aromatic heterocycles. The molecule has 0 atom stereocenters. The average molecular weight is 453 g/mol. The topological polar surface area (TPSA) is 59.1 Å². The number of anilines is 1. The lowest BCUT2D eigenvalue weighted by atomic mass is 10.1. The van der Waals surface area contributed by atoms with Crippen molar-refractivity contribution in [3.8, 4) is 17.2 Å². The number of amides is 2. The van der Waals surface area contributed by atoms with Crippen molar-refractivity contribution in [1.29, 1.82) is 0 Å². The molecule has 0 aliphatic carbocycles. The van der Waals surface area contributed by atoms with E-state index >= 15 is 0 Å². The summed E-state index contributed by atoms with van der Waals surface area (Å²) < 4.78 is 11.9. The molecule has 1 saturated heterocycles. The second-order valence-electron chi connectivity index (χ2n) is 8.86. The van der Waals surface area contributed by atoms with Crippen LogP contribution in [0.2, 0.25) is 0 Å². The first-order valence-electron chi connectivity index (χ1n) is 11.6. The smallest absolute Gasteiger partial charge is 0.266 e. The average Bonchev–Trinajstić information content (AvgIpc) is 3.45. The molecular weight excluding hydrogens is 428 g/mol. The molecule has 3 aromatic carbocycles. The highest BCUT2D eigenvalue weighted by molar-refractivity contribution is 6.34. The summed E-state index contributed by atoms with van der Waals surface area (Å²) in [6.45, 7) is 3.73. The number of nitrogens with zero attached hydrogens (tertiary/aromatic N) is 2. The largest absolute Gasteiger partial charge is 0.488 e. The van der Waals surface area contributed by atoms with Crippen LogP contribution in [0.1, 0.15) is 39.1 Å². The SMILES string of the molecule is O=C1c2ccc(Oc3ccccc3)cc2C(=O)N1c1ccc2c(c1)OCC(CN1CCCC1)=C2. The Kier molecular flexibility index (Phi) is 5.15. The van der Waals surface area contributed by atoms with E-state index in [2.05, 4.69) is 11.0 Å². The lowest BCUT2D eigenvalue weighted by molar-refractivity contribution is 0.0926. The Bertz CT molecular complexity index is 1310. The van der Waals surface area contributed by atoms with E-state index in [9.17, 15) is 9.59 Å². The molecule has 6 heteroatoms. The Morgan fingerprint density at radius 1 is 0.824 bits per heavy atom.